The quantitative estimate of drug-likeness (QED) is 0.410. The zero-order chi connectivity index (χ0) is 13.5. The Balaban J connectivity index is 2.92. The molecule has 7 nitrogen and oxygen atoms in total. The zero-order valence-electron chi connectivity index (χ0n) is 10.5. The van der Waals surface area contributed by atoms with Crippen molar-refractivity contribution in [2.45, 2.75) is 6.42 Å². The molecule has 0 aromatic rings. The van der Waals surface area contributed by atoms with Crippen LogP contribution in [0.5, 0.6) is 0 Å². The Hall–Kier alpha value is -0.730. The molecule has 7 heteroatoms. The molecule has 0 saturated carbocycles. The molecule has 0 aromatic carbocycles. The summed E-state index contributed by atoms with van der Waals surface area (Å²) in [5.74, 6) is -0.868. The number of hydrogen-bond donors (Lipinski definition) is 2. The number of aliphatic carboxylic acids is 1. The maximum absolute atomic E-state index is 10.1. The standard InChI is InChI=1S/C11H22O7/c12-2-4-16-6-8-18-10-9-17-7-5-15-3-1-11(13)14/h12H,1-10H2,(H,13,14). The molecule has 0 fully saturated rings. The second-order valence-electron chi connectivity index (χ2n) is 3.32. The van der Waals surface area contributed by atoms with Crippen molar-refractivity contribution in [3.8, 4) is 0 Å². The number of rotatable bonds is 14. The van der Waals surface area contributed by atoms with E-state index in [1.54, 1.807) is 0 Å². The summed E-state index contributed by atoms with van der Waals surface area (Å²) in [6, 6.07) is 0. The third-order valence-corrected chi connectivity index (χ3v) is 1.81. The maximum atomic E-state index is 10.1. The van der Waals surface area contributed by atoms with Gasteiger partial charge in [0.2, 0.25) is 0 Å². The van der Waals surface area contributed by atoms with Gasteiger partial charge >= 0.3 is 5.97 Å². The lowest BCUT2D eigenvalue weighted by Crippen LogP contribution is -2.13. The van der Waals surface area contributed by atoms with Crippen molar-refractivity contribution in [2.75, 3.05) is 59.5 Å². The highest BCUT2D eigenvalue weighted by molar-refractivity contribution is 5.66. The molecule has 0 heterocycles. The first kappa shape index (κ1) is 17.3. The summed E-state index contributed by atoms with van der Waals surface area (Å²) in [6.45, 7) is 3.21. The molecule has 2 N–H and O–H groups in total. The summed E-state index contributed by atoms with van der Waals surface area (Å²) in [5.41, 5.74) is 0. The fraction of sp³-hybridized carbons (Fsp3) is 0.909. The number of ether oxygens (including phenoxy) is 4. The van der Waals surface area contributed by atoms with Gasteiger partial charge in [0, 0.05) is 0 Å². The first-order valence-electron chi connectivity index (χ1n) is 5.91. The molecule has 0 spiro atoms. The van der Waals surface area contributed by atoms with Crippen LogP contribution in [-0.4, -0.2) is 75.6 Å². The summed E-state index contributed by atoms with van der Waals surface area (Å²) in [6.07, 6.45) is 0.0109. The smallest absolute Gasteiger partial charge is 0.305 e. The van der Waals surface area contributed by atoms with Gasteiger partial charge in [0.25, 0.3) is 0 Å². The Kier molecular flexibility index (Phi) is 13.8. The molecule has 0 rings (SSSR count). The first-order valence-corrected chi connectivity index (χ1v) is 5.91. The van der Waals surface area contributed by atoms with Crippen LogP contribution in [0, 0.1) is 0 Å². The fourth-order valence-electron chi connectivity index (χ4n) is 0.986. The van der Waals surface area contributed by atoms with E-state index in [4.69, 9.17) is 29.2 Å². The average Bonchev–Trinajstić information content (AvgIpc) is 2.34. The minimum absolute atomic E-state index is 0.0109. The molecular weight excluding hydrogens is 244 g/mol. The predicted octanol–water partition coefficient (Wildman–Crippen LogP) is -0.480. The fourth-order valence-corrected chi connectivity index (χ4v) is 0.986. The third kappa shape index (κ3) is 15.3. The van der Waals surface area contributed by atoms with E-state index in [0.717, 1.165) is 0 Å². The van der Waals surface area contributed by atoms with Crippen molar-refractivity contribution >= 4 is 5.97 Å². The van der Waals surface area contributed by atoms with Gasteiger partial charge in [0.1, 0.15) is 0 Å². The molecule has 0 aromatic heterocycles. The Morgan fingerprint density at radius 3 is 1.50 bits per heavy atom. The molecule has 0 amide bonds. The summed E-state index contributed by atoms with van der Waals surface area (Å²) in [7, 11) is 0. The minimum Gasteiger partial charge on any atom is -0.481 e. The lowest BCUT2D eigenvalue weighted by atomic mass is 10.5. The van der Waals surface area contributed by atoms with Crippen LogP contribution >= 0.6 is 0 Å². The Bertz CT molecular complexity index is 186. The van der Waals surface area contributed by atoms with Gasteiger partial charge in [-0.25, -0.2) is 0 Å². The van der Waals surface area contributed by atoms with Crippen molar-refractivity contribution in [3.63, 3.8) is 0 Å². The Labute approximate surface area is 107 Å². The Morgan fingerprint density at radius 1 is 0.722 bits per heavy atom. The highest BCUT2D eigenvalue weighted by atomic mass is 16.6. The van der Waals surface area contributed by atoms with Gasteiger partial charge in [-0.15, -0.1) is 0 Å². The number of carboxylic acids is 1. The van der Waals surface area contributed by atoms with Gasteiger partial charge < -0.3 is 29.2 Å². The lowest BCUT2D eigenvalue weighted by Gasteiger charge is -2.06. The van der Waals surface area contributed by atoms with Gasteiger partial charge in [-0.3, -0.25) is 4.79 Å². The largest absolute Gasteiger partial charge is 0.481 e. The monoisotopic (exact) mass is 266 g/mol. The molecule has 108 valence electrons. The molecule has 0 aliphatic rings. The summed E-state index contributed by atoms with van der Waals surface area (Å²) >= 11 is 0. The normalized spacial score (nSPS) is 10.7. The second-order valence-corrected chi connectivity index (χ2v) is 3.32. The molecular formula is C11H22O7. The third-order valence-electron chi connectivity index (χ3n) is 1.81. The summed E-state index contributed by atoms with van der Waals surface area (Å²) < 4.78 is 20.4. The van der Waals surface area contributed by atoms with Crippen LogP contribution in [-0.2, 0) is 23.7 Å². The maximum Gasteiger partial charge on any atom is 0.305 e. The number of carboxylic acid groups (broad SMARTS) is 1. The SMILES string of the molecule is O=C(O)CCOCCOCCOCCOCCO. The molecule has 0 radical (unpaired) electrons. The molecule has 0 bridgehead atoms. The number of aliphatic hydroxyl groups is 1. The van der Waals surface area contributed by atoms with Crippen LogP contribution in [0.1, 0.15) is 6.42 Å². The first-order chi connectivity index (χ1) is 8.77. The Morgan fingerprint density at radius 2 is 1.11 bits per heavy atom. The van der Waals surface area contributed by atoms with Gasteiger partial charge in [-0.05, 0) is 0 Å². The van der Waals surface area contributed by atoms with Crippen LogP contribution in [0.25, 0.3) is 0 Å². The number of hydrogen-bond acceptors (Lipinski definition) is 6. The van der Waals surface area contributed by atoms with Crippen molar-refractivity contribution in [1.29, 1.82) is 0 Å². The van der Waals surface area contributed by atoms with Crippen molar-refractivity contribution in [1.82, 2.24) is 0 Å². The van der Waals surface area contributed by atoms with Crippen LogP contribution in [0.3, 0.4) is 0 Å². The highest BCUT2D eigenvalue weighted by Gasteiger charge is 1.96. The lowest BCUT2D eigenvalue weighted by molar-refractivity contribution is -0.138. The zero-order valence-corrected chi connectivity index (χ0v) is 10.5. The predicted molar refractivity (Wildman–Crippen MR) is 62.6 cm³/mol. The van der Waals surface area contributed by atoms with E-state index in [9.17, 15) is 4.79 Å². The van der Waals surface area contributed by atoms with E-state index in [2.05, 4.69) is 0 Å². The summed E-state index contributed by atoms with van der Waals surface area (Å²) in [4.78, 5) is 10.1. The number of carbonyl (C=O) groups is 1. The van der Waals surface area contributed by atoms with Gasteiger partial charge in [0.15, 0.2) is 0 Å². The minimum atomic E-state index is -0.868. The van der Waals surface area contributed by atoms with Gasteiger partial charge in [0.05, 0.1) is 65.9 Å². The van der Waals surface area contributed by atoms with E-state index >= 15 is 0 Å². The van der Waals surface area contributed by atoms with Crippen LogP contribution in [0.4, 0.5) is 0 Å². The van der Waals surface area contributed by atoms with E-state index in [-0.39, 0.29) is 19.6 Å². The summed E-state index contributed by atoms with van der Waals surface area (Å²) in [5, 5.41) is 16.8. The van der Waals surface area contributed by atoms with E-state index in [1.165, 1.54) is 0 Å². The average molecular weight is 266 g/mol. The van der Waals surface area contributed by atoms with Crippen LogP contribution in [0.15, 0.2) is 0 Å². The molecule has 0 saturated heterocycles. The molecule has 18 heavy (non-hydrogen) atoms. The number of aliphatic hydroxyl groups excluding tert-OH is 1. The highest BCUT2D eigenvalue weighted by Crippen LogP contribution is 1.85. The van der Waals surface area contributed by atoms with Crippen LogP contribution < -0.4 is 0 Å². The molecule has 0 atom stereocenters. The van der Waals surface area contributed by atoms with E-state index in [1.807, 2.05) is 0 Å². The molecule has 0 aliphatic heterocycles. The van der Waals surface area contributed by atoms with Crippen molar-refractivity contribution in [2.24, 2.45) is 0 Å². The van der Waals surface area contributed by atoms with E-state index in [0.29, 0.717) is 46.2 Å². The molecule has 0 unspecified atom stereocenters. The van der Waals surface area contributed by atoms with Gasteiger partial charge in [-0.1, -0.05) is 0 Å². The second kappa shape index (κ2) is 14.3. The van der Waals surface area contributed by atoms with E-state index < -0.39 is 5.97 Å². The molecule has 0 aliphatic carbocycles. The topological polar surface area (TPSA) is 94.5 Å². The van der Waals surface area contributed by atoms with Crippen molar-refractivity contribution < 1.29 is 34.0 Å². The van der Waals surface area contributed by atoms with Gasteiger partial charge in [-0.2, -0.15) is 0 Å². The van der Waals surface area contributed by atoms with Crippen molar-refractivity contribution in [3.05, 3.63) is 0 Å². The van der Waals surface area contributed by atoms with Crippen LogP contribution in [0.2, 0.25) is 0 Å².